The maximum atomic E-state index is 10.7. The fraction of sp³-hybridized carbons (Fsp3) is 0.167. The molecule has 0 radical (unpaired) electrons. The van der Waals surface area contributed by atoms with Gasteiger partial charge in [-0.15, -0.1) is 0 Å². The van der Waals surface area contributed by atoms with Gasteiger partial charge < -0.3 is 15.6 Å². The van der Waals surface area contributed by atoms with Crippen LogP contribution in [0.1, 0.15) is 20.8 Å². The van der Waals surface area contributed by atoms with E-state index in [1.807, 2.05) is 0 Å². The largest absolute Gasteiger partial charge is 1.00 e. The number of nitrogens with zero attached hydrogens (tertiary/aromatic N) is 2. The van der Waals surface area contributed by atoms with Crippen LogP contribution in [0, 0.1) is 0 Å². The number of carboxylic acid groups (broad SMARTS) is 1. The van der Waals surface area contributed by atoms with E-state index in [2.05, 4.69) is 5.10 Å². The van der Waals surface area contributed by atoms with Crippen molar-refractivity contribution in [1.82, 2.24) is 9.78 Å². The molecule has 64 valence electrons. The predicted octanol–water partition coefficient (Wildman–Crippen LogP) is -5.11. The Kier molecular flexibility index (Phi) is 4.12. The Balaban J connectivity index is 0.00000144. The zero-order valence-electron chi connectivity index (χ0n) is 7.27. The van der Waals surface area contributed by atoms with Crippen molar-refractivity contribution in [3.05, 3.63) is 17.5 Å². The van der Waals surface area contributed by atoms with Gasteiger partial charge >= 0.3 is 29.6 Å². The number of carbonyl (C=O) groups is 2. The summed E-state index contributed by atoms with van der Waals surface area (Å²) in [6.45, 7) is 0. The number of hydrogen-bond donors (Lipinski definition) is 1. The number of aryl methyl sites for hydroxylation is 1. The van der Waals surface area contributed by atoms with E-state index in [1.165, 1.54) is 7.05 Å². The average molecular weight is 191 g/mol. The van der Waals surface area contributed by atoms with Crippen LogP contribution in [0.15, 0.2) is 6.20 Å². The van der Waals surface area contributed by atoms with E-state index < -0.39 is 11.9 Å². The molecule has 0 aliphatic heterocycles. The molecular weight excluding hydrogens is 185 g/mol. The van der Waals surface area contributed by atoms with Crippen molar-refractivity contribution in [2.75, 3.05) is 0 Å². The summed E-state index contributed by atoms with van der Waals surface area (Å²) in [4.78, 5) is 21.0. The van der Waals surface area contributed by atoms with E-state index in [4.69, 9.17) is 5.73 Å². The molecule has 1 aromatic rings. The summed E-state index contributed by atoms with van der Waals surface area (Å²) in [5.41, 5.74) is 4.46. The first-order valence-electron chi connectivity index (χ1n) is 3.07. The third kappa shape index (κ3) is 2.30. The number of rotatable bonds is 2. The molecule has 0 aliphatic carbocycles. The molecule has 0 bridgehead atoms. The average Bonchev–Trinajstić information content (AvgIpc) is 2.30. The van der Waals surface area contributed by atoms with Gasteiger partial charge in [0.1, 0.15) is 5.69 Å². The van der Waals surface area contributed by atoms with Gasteiger partial charge in [-0.05, 0) is 0 Å². The quantitative estimate of drug-likeness (QED) is 0.472. The summed E-state index contributed by atoms with van der Waals surface area (Å²) in [5.74, 6) is -2.30. The first-order chi connectivity index (χ1) is 5.54. The molecule has 13 heavy (non-hydrogen) atoms. The van der Waals surface area contributed by atoms with Crippen LogP contribution in [0.4, 0.5) is 0 Å². The van der Waals surface area contributed by atoms with Crippen LogP contribution in [0.5, 0.6) is 0 Å². The number of carboxylic acids is 1. The first kappa shape index (κ1) is 12.2. The van der Waals surface area contributed by atoms with Crippen molar-refractivity contribution in [1.29, 1.82) is 0 Å². The van der Waals surface area contributed by atoms with Crippen molar-refractivity contribution in [3.63, 3.8) is 0 Å². The number of amides is 1. The molecule has 0 spiro atoms. The number of carbonyl (C=O) groups excluding carboxylic acids is 2. The summed E-state index contributed by atoms with van der Waals surface area (Å²) in [6, 6.07) is 0. The summed E-state index contributed by atoms with van der Waals surface area (Å²) in [6.07, 6.45) is 1.02. The van der Waals surface area contributed by atoms with Gasteiger partial charge in [0.15, 0.2) is 0 Å². The second-order valence-electron chi connectivity index (χ2n) is 2.18. The minimum Gasteiger partial charge on any atom is -0.545 e. The van der Waals surface area contributed by atoms with E-state index >= 15 is 0 Å². The van der Waals surface area contributed by atoms with E-state index in [0.29, 0.717) is 0 Å². The molecule has 1 rings (SSSR count). The van der Waals surface area contributed by atoms with E-state index in [0.717, 1.165) is 10.9 Å². The smallest absolute Gasteiger partial charge is 0.545 e. The van der Waals surface area contributed by atoms with Gasteiger partial charge in [0.2, 0.25) is 0 Å². The minimum atomic E-state index is -1.46. The molecule has 0 atom stereocenters. The normalized spacial score (nSPS) is 9.00. The maximum Gasteiger partial charge on any atom is 1.00 e. The Labute approximate surface area is 96.0 Å². The van der Waals surface area contributed by atoms with Crippen molar-refractivity contribution in [2.45, 2.75) is 0 Å². The molecular formula is C6H6N3NaO3. The van der Waals surface area contributed by atoms with Crippen LogP contribution in [0.25, 0.3) is 0 Å². The Hall–Kier alpha value is -0.850. The monoisotopic (exact) mass is 191 g/mol. The van der Waals surface area contributed by atoms with Crippen molar-refractivity contribution in [2.24, 2.45) is 12.8 Å². The van der Waals surface area contributed by atoms with Crippen LogP contribution in [-0.2, 0) is 7.05 Å². The third-order valence-electron chi connectivity index (χ3n) is 1.39. The van der Waals surface area contributed by atoms with E-state index in [1.54, 1.807) is 0 Å². The fourth-order valence-electron chi connectivity index (χ4n) is 0.879. The molecule has 0 saturated carbocycles. The number of nitrogens with two attached hydrogens (primary N) is 1. The molecule has 1 heterocycles. The van der Waals surface area contributed by atoms with Gasteiger partial charge in [0, 0.05) is 12.6 Å². The number of primary amides is 1. The molecule has 2 N–H and O–H groups in total. The van der Waals surface area contributed by atoms with Gasteiger partial charge in [-0.25, -0.2) is 0 Å². The Morgan fingerprint density at radius 3 is 2.46 bits per heavy atom. The standard InChI is InChI=1S/C6H7N3O3.Na/c1-9-4(5(7)10)3(2-8-9)6(11)12;/h2H,1H3,(H2,7,10)(H,11,12);/q;+1/p-1. The van der Waals surface area contributed by atoms with Gasteiger partial charge in [0.25, 0.3) is 5.91 Å². The Bertz CT molecular complexity index is 347. The van der Waals surface area contributed by atoms with Gasteiger partial charge in [-0.2, -0.15) is 5.10 Å². The maximum absolute atomic E-state index is 10.7. The topological polar surface area (TPSA) is 101 Å². The number of hydrogen-bond acceptors (Lipinski definition) is 4. The molecule has 0 saturated heterocycles. The second kappa shape index (κ2) is 4.40. The van der Waals surface area contributed by atoms with Crippen LogP contribution in [0.2, 0.25) is 0 Å². The van der Waals surface area contributed by atoms with E-state index in [-0.39, 0.29) is 40.8 Å². The van der Waals surface area contributed by atoms with Crippen LogP contribution in [0.3, 0.4) is 0 Å². The molecule has 1 amide bonds. The van der Waals surface area contributed by atoms with Crippen molar-refractivity contribution >= 4 is 11.9 Å². The van der Waals surface area contributed by atoms with Gasteiger partial charge in [-0.3, -0.25) is 9.48 Å². The van der Waals surface area contributed by atoms with Crippen LogP contribution < -0.4 is 40.4 Å². The Morgan fingerprint density at radius 2 is 2.15 bits per heavy atom. The molecule has 7 heteroatoms. The van der Waals surface area contributed by atoms with Gasteiger partial charge in [-0.1, -0.05) is 0 Å². The summed E-state index contributed by atoms with van der Waals surface area (Å²) < 4.78 is 1.09. The van der Waals surface area contributed by atoms with Crippen LogP contribution in [-0.4, -0.2) is 21.7 Å². The summed E-state index contributed by atoms with van der Waals surface area (Å²) in [7, 11) is 1.42. The van der Waals surface area contributed by atoms with Gasteiger partial charge in [0.05, 0.1) is 12.2 Å². The summed E-state index contributed by atoms with van der Waals surface area (Å²) in [5, 5.41) is 13.9. The molecule has 0 aromatic carbocycles. The minimum absolute atomic E-state index is 0. The summed E-state index contributed by atoms with van der Waals surface area (Å²) >= 11 is 0. The zero-order chi connectivity index (χ0) is 9.30. The SMILES string of the molecule is Cn1ncc(C(=O)[O-])c1C(N)=O.[Na+]. The van der Waals surface area contributed by atoms with Crippen LogP contribution >= 0.6 is 0 Å². The van der Waals surface area contributed by atoms with Crippen molar-refractivity contribution in [3.8, 4) is 0 Å². The zero-order valence-corrected chi connectivity index (χ0v) is 9.27. The third-order valence-corrected chi connectivity index (χ3v) is 1.39. The molecule has 0 fully saturated rings. The number of aromatic nitrogens is 2. The van der Waals surface area contributed by atoms with Crippen molar-refractivity contribution < 1.29 is 44.3 Å². The number of aromatic carboxylic acids is 1. The van der Waals surface area contributed by atoms with E-state index in [9.17, 15) is 14.7 Å². The molecule has 1 aromatic heterocycles. The molecule has 0 unspecified atom stereocenters. The fourth-order valence-corrected chi connectivity index (χ4v) is 0.879. The molecule has 0 aliphatic rings. The first-order valence-corrected chi connectivity index (χ1v) is 3.07. The Morgan fingerprint density at radius 1 is 1.62 bits per heavy atom. The predicted molar refractivity (Wildman–Crippen MR) is 36.1 cm³/mol. The molecule has 6 nitrogen and oxygen atoms in total. The second-order valence-corrected chi connectivity index (χ2v) is 2.18.